The number of halogens is 2. The first kappa shape index (κ1) is 15.9. The average Bonchev–Trinajstić information content (AvgIpc) is 2.91. The Morgan fingerprint density at radius 1 is 1.59 bits per heavy atom. The van der Waals surface area contributed by atoms with Crippen LogP contribution in [0.3, 0.4) is 0 Å². The molecule has 116 valence electrons. The van der Waals surface area contributed by atoms with Crippen molar-refractivity contribution < 1.29 is 14.1 Å². The van der Waals surface area contributed by atoms with Gasteiger partial charge in [0.2, 0.25) is 5.91 Å². The van der Waals surface area contributed by atoms with Gasteiger partial charge in [0.05, 0.1) is 22.4 Å². The van der Waals surface area contributed by atoms with Crippen LogP contribution in [0.2, 0.25) is 5.02 Å². The van der Waals surface area contributed by atoms with Gasteiger partial charge in [-0.05, 0) is 18.2 Å². The van der Waals surface area contributed by atoms with Crippen molar-refractivity contribution in [1.29, 1.82) is 0 Å². The molecule has 0 fully saturated rings. The van der Waals surface area contributed by atoms with Crippen molar-refractivity contribution in [3.05, 3.63) is 51.5 Å². The molecule has 1 N–H and O–H groups in total. The van der Waals surface area contributed by atoms with E-state index in [0.29, 0.717) is 5.69 Å². The maximum atomic E-state index is 13.0. The monoisotopic (exact) mass is 326 g/mol. The molecule has 2 aromatic rings. The van der Waals surface area contributed by atoms with Gasteiger partial charge < -0.3 is 5.32 Å². The Kier molecular flexibility index (Phi) is 4.71. The molecule has 1 atom stereocenters. The van der Waals surface area contributed by atoms with Crippen molar-refractivity contribution in [3.8, 4) is 0 Å². The average molecular weight is 327 g/mol. The quantitative estimate of drug-likeness (QED) is 0.675. The first-order chi connectivity index (χ1) is 10.4. The van der Waals surface area contributed by atoms with E-state index in [4.69, 9.17) is 11.6 Å². The summed E-state index contributed by atoms with van der Waals surface area (Å²) in [4.78, 5) is 22.0. The summed E-state index contributed by atoms with van der Waals surface area (Å²) >= 11 is 5.63. The number of carbonyl (C=O) groups excluding carboxylic acids is 1. The van der Waals surface area contributed by atoms with Crippen LogP contribution in [0.4, 0.5) is 15.8 Å². The third-order valence-corrected chi connectivity index (χ3v) is 3.22. The number of aromatic nitrogens is 2. The Bertz CT molecular complexity index is 719. The Morgan fingerprint density at radius 3 is 2.91 bits per heavy atom. The Balaban J connectivity index is 1.99. The van der Waals surface area contributed by atoms with Gasteiger partial charge in [0.1, 0.15) is 18.2 Å². The lowest BCUT2D eigenvalue weighted by Crippen LogP contribution is -2.24. The molecule has 0 unspecified atom stereocenters. The molecule has 0 saturated heterocycles. The molecule has 7 nitrogen and oxygen atoms in total. The standard InChI is InChI=1S/C13H12ClFN4O3/c1-8(6-18-7-10(5-16-18)19(21)22)13(20)17-9-2-3-12(15)11(14)4-9/h2-5,7-8H,6H2,1H3,(H,17,20)/t8-/m0/s1. The molecule has 0 saturated carbocycles. The molecule has 0 bridgehead atoms. The highest BCUT2D eigenvalue weighted by molar-refractivity contribution is 6.31. The zero-order chi connectivity index (χ0) is 16.3. The molecule has 0 radical (unpaired) electrons. The van der Waals surface area contributed by atoms with Crippen LogP contribution in [0.15, 0.2) is 30.6 Å². The van der Waals surface area contributed by atoms with Gasteiger partial charge in [0, 0.05) is 5.69 Å². The number of hydrogen-bond acceptors (Lipinski definition) is 4. The number of carbonyl (C=O) groups is 1. The van der Waals surface area contributed by atoms with Gasteiger partial charge in [-0.25, -0.2) is 4.39 Å². The molecular weight excluding hydrogens is 315 g/mol. The summed E-state index contributed by atoms with van der Waals surface area (Å²) in [6.07, 6.45) is 2.36. The minimum absolute atomic E-state index is 0.0897. The fourth-order valence-corrected chi connectivity index (χ4v) is 1.93. The van der Waals surface area contributed by atoms with E-state index in [1.807, 2.05) is 0 Å². The summed E-state index contributed by atoms with van der Waals surface area (Å²) in [5.74, 6) is -1.40. The summed E-state index contributed by atoms with van der Waals surface area (Å²) in [5.41, 5.74) is 0.229. The van der Waals surface area contributed by atoms with Crippen LogP contribution in [-0.4, -0.2) is 20.6 Å². The first-order valence-electron chi connectivity index (χ1n) is 6.29. The molecular formula is C13H12ClFN4O3. The van der Waals surface area contributed by atoms with E-state index in [-0.39, 0.29) is 23.2 Å². The van der Waals surface area contributed by atoms with Gasteiger partial charge in [-0.1, -0.05) is 18.5 Å². The van der Waals surface area contributed by atoms with Gasteiger partial charge in [0.25, 0.3) is 0 Å². The van der Waals surface area contributed by atoms with Crippen LogP contribution >= 0.6 is 11.6 Å². The molecule has 2 rings (SSSR count). The molecule has 0 aliphatic carbocycles. The van der Waals surface area contributed by atoms with Crippen molar-refractivity contribution in [2.75, 3.05) is 5.32 Å². The molecule has 1 amide bonds. The smallest absolute Gasteiger partial charge is 0.306 e. The first-order valence-corrected chi connectivity index (χ1v) is 6.67. The molecule has 1 heterocycles. The zero-order valence-electron chi connectivity index (χ0n) is 11.5. The maximum absolute atomic E-state index is 13.0. The van der Waals surface area contributed by atoms with Crippen molar-refractivity contribution >= 4 is 28.9 Å². The number of hydrogen-bond donors (Lipinski definition) is 1. The lowest BCUT2D eigenvalue weighted by Gasteiger charge is -2.12. The number of nitrogens with zero attached hydrogens (tertiary/aromatic N) is 3. The van der Waals surface area contributed by atoms with Gasteiger partial charge in [-0.3, -0.25) is 19.6 Å². The molecule has 0 aliphatic heterocycles. The van der Waals surface area contributed by atoms with Crippen molar-refractivity contribution in [2.24, 2.45) is 5.92 Å². The minimum Gasteiger partial charge on any atom is -0.326 e. The van der Waals surface area contributed by atoms with E-state index >= 15 is 0 Å². The Labute approximate surface area is 129 Å². The number of nitro groups is 1. The van der Waals surface area contributed by atoms with Gasteiger partial charge in [-0.2, -0.15) is 5.10 Å². The highest BCUT2D eigenvalue weighted by Gasteiger charge is 2.17. The largest absolute Gasteiger partial charge is 0.326 e. The van der Waals surface area contributed by atoms with E-state index in [2.05, 4.69) is 10.4 Å². The fraction of sp³-hybridized carbons (Fsp3) is 0.231. The molecule has 0 aliphatic rings. The number of benzene rings is 1. The maximum Gasteiger partial charge on any atom is 0.306 e. The van der Waals surface area contributed by atoms with Crippen LogP contribution < -0.4 is 5.32 Å². The Hall–Kier alpha value is -2.48. The van der Waals surface area contributed by atoms with E-state index in [0.717, 1.165) is 12.3 Å². The molecule has 22 heavy (non-hydrogen) atoms. The number of nitrogens with one attached hydrogen (secondary N) is 1. The van der Waals surface area contributed by atoms with Crippen molar-refractivity contribution in [2.45, 2.75) is 13.5 Å². The second-order valence-electron chi connectivity index (χ2n) is 4.70. The lowest BCUT2D eigenvalue weighted by molar-refractivity contribution is -0.385. The van der Waals surface area contributed by atoms with Crippen LogP contribution in [0.25, 0.3) is 0 Å². The predicted molar refractivity (Wildman–Crippen MR) is 78.1 cm³/mol. The third kappa shape index (κ3) is 3.79. The lowest BCUT2D eigenvalue weighted by atomic mass is 10.1. The molecule has 0 spiro atoms. The van der Waals surface area contributed by atoms with E-state index < -0.39 is 16.7 Å². The predicted octanol–water partition coefficient (Wildman–Crippen LogP) is 2.86. The topological polar surface area (TPSA) is 90.1 Å². The summed E-state index contributed by atoms with van der Waals surface area (Å²) in [6.45, 7) is 1.82. The van der Waals surface area contributed by atoms with Crippen molar-refractivity contribution in [1.82, 2.24) is 9.78 Å². The highest BCUT2D eigenvalue weighted by Crippen LogP contribution is 2.20. The van der Waals surface area contributed by atoms with Crippen LogP contribution in [0.1, 0.15) is 6.92 Å². The number of amides is 1. The van der Waals surface area contributed by atoms with E-state index in [1.165, 1.54) is 23.0 Å². The molecule has 1 aromatic heterocycles. The molecule has 1 aromatic carbocycles. The summed E-state index contributed by atoms with van der Waals surface area (Å²) in [5, 5.41) is 16.9. The SMILES string of the molecule is C[C@@H](Cn1cc([N+](=O)[O-])cn1)C(=O)Nc1ccc(F)c(Cl)c1. The fourth-order valence-electron chi connectivity index (χ4n) is 1.75. The van der Waals surface area contributed by atoms with Gasteiger partial charge in [-0.15, -0.1) is 0 Å². The second kappa shape index (κ2) is 6.52. The summed E-state index contributed by atoms with van der Waals surface area (Å²) < 4.78 is 14.4. The summed E-state index contributed by atoms with van der Waals surface area (Å²) in [6, 6.07) is 3.85. The zero-order valence-corrected chi connectivity index (χ0v) is 12.2. The van der Waals surface area contributed by atoms with E-state index in [9.17, 15) is 19.3 Å². The summed E-state index contributed by atoms with van der Waals surface area (Å²) in [7, 11) is 0. The van der Waals surface area contributed by atoms with Crippen LogP contribution in [0, 0.1) is 21.8 Å². The number of anilines is 1. The number of rotatable bonds is 5. The highest BCUT2D eigenvalue weighted by atomic mass is 35.5. The minimum atomic E-state index is -0.573. The third-order valence-electron chi connectivity index (χ3n) is 2.93. The van der Waals surface area contributed by atoms with Crippen LogP contribution in [-0.2, 0) is 11.3 Å². The Morgan fingerprint density at radius 2 is 2.32 bits per heavy atom. The van der Waals surface area contributed by atoms with Gasteiger partial charge >= 0.3 is 5.69 Å². The normalized spacial score (nSPS) is 12.0. The van der Waals surface area contributed by atoms with Gasteiger partial charge in [0.15, 0.2) is 0 Å². The second-order valence-corrected chi connectivity index (χ2v) is 5.10. The molecule has 9 heteroatoms. The van der Waals surface area contributed by atoms with Crippen molar-refractivity contribution in [3.63, 3.8) is 0 Å². The van der Waals surface area contributed by atoms with Crippen LogP contribution in [0.5, 0.6) is 0 Å². The van der Waals surface area contributed by atoms with E-state index in [1.54, 1.807) is 6.92 Å².